The minimum atomic E-state index is -0.634. The zero-order valence-electron chi connectivity index (χ0n) is 16.1. The van der Waals surface area contributed by atoms with Gasteiger partial charge in [-0.25, -0.2) is 9.50 Å². The standard InChI is InChI=1S/C19H17N7O4/c1-3-24-10-14(11(2)23-24)16-6-7-20-18-13(9-21-25(16)18)19(28)22-15-5-4-12(26(29)30)8-17(15)27/h4-10,27H,3H2,1-2H3,(H,22,28). The maximum Gasteiger partial charge on any atom is 0.273 e. The predicted molar refractivity (Wildman–Crippen MR) is 107 cm³/mol. The topological polar surface area (TPSA) is 140 Å². The third-order valence-corrected chi connectivity index (χ3v) is 4.63. The van der Waals surface area contributed by atoms with E-state index >= 15 is 0 Å². The van der Waals surface area contributed by atoms with Crippen LogP contribution in [-0.4, -0.2) is 40.3 Å². The molecular weight excluding hydrogens is 390 g/mol. The second kappa shape index (κ2) is 7.28. The van der Waals surface area contributed by atoms with Gasteiger partial charge < -0.3 is 10.4 Å². The number of hydrogen-bond acceptors (Lipinski definition) is 7. The molecule has 0 atom stereocenters. The second-order valence-corrected chi connectivity index (χ2v) is 6.52. The summed E-state index contributed by atoms with van der Waals surface area (Å²) in [6.45, 7) is 4.60. The lowest BCUT2D eigenvalue weighted by atomic mass is 10.2. The molecule has 4 rings (SSSR count). The van der Waals surface area contributed by atoms with Crippen molar-refractivity contribution in [2.45, 2.75) is 20.4 Å². The summed E-state index contributed by atoms with van der Waals surface area (Å²) >= 11 is 0. The van der Waals surface area contributed by atoms with Crippen LogP contribution in [0.25, 0.3) is 16.9 Å². The molecule has 30 heavy (non-hydrogen) atoms. The Morgan fingerprint density at radius 1 is 1.33 bits per heavy atom. The number of amides is 1. The van der Waals surface area contributed by atoms with Crippen LogP contribution in [0.5, 0.6) is 5.75 Å². The predicted octanol–water partition coefficient (Wildman–Crippen LogP) is 2.79. The van der Waals surface area contributed by atoms with Crippen LogP contribution in [0, 0.1) is 17.0 Å². The minimum Gasteiger partial charge on any atom is -0.506 e. The van der Waals surface area contributed by atoms with E-state index in [9.17, 15) is 20.0 Å². The maximum absolute atomic E-state index is 12.8. The smallest absolute Gasteiger partial charge is 0.273 e. The highest BCUT2D eigenvalue weighted by Gasteiger charge is 2.19. The highest BCUT2D eigenvalue weighted by molar-refractivity contribution is 6.08. The van der Waals surface area contributed by atoms with Crippen LogP contribution < -0.4 is 5.32 Å². The van der Waals surface area contributed by atoms with Gasteiger partial charge in [-0.3, -0.25) is 19.6 Å². The molecule has 152 valence electrons. The number of rotatable bonds is 5. The lowest BCUT2D eigenvalue weighted by Crippen LogP contribution is -2.12. The molecule has 11 heteroatoms. The summed E-state index contributed by atoms with van der Waals surface area (Å²) < 4.78 is 3.36. The molecule has 0 fully saturated rings. The average Bonchev–Trinajstić information content (AvgIpc) is 3.32. The first-order valence-corrected chi connectivity index (χ1v) is 9.05. The summed E-state index contributed by atoms with van der Waals surface area (Å²) in [5.41, 5.74) is 2.70. The van der Waals surface area contributed by atoms with Crippen LogP contribution in [0.4, 0.5) is 11.4 Å². The molecule has 0 bridgehead atoms. The lowest BCUT2D eigenvalue weighted by molar-refractivity contribution is -0.384. The Kier molecular flexibility index (Phi) is 4.62. The summed E-state index contributed by atoms with van der Waals surface area (Å²) in [5, 5.41) is 32.1. The summed E-state index contributed by atoms with van der Waals surface area (Å²) in [5.74, 6) is -0.968. The molecule has 0 aliphatic heterocycles. The van der Waals surface area contributed by atoms with Crippen molar-refractivity contribution in [3.63, 3.8) is 0 Å². The number of nitrogens with one attached hydrogen (secondary N) is 1. The average molecular weight is 407 g/mol. The highest BCUT2D eigenvalue weighted by atomic mass is 16.6. The van der Waals surface area contributed by atoms with Crippen LogP contribution in [0.2, 0.25) is 0 Å². The summed E-state index contributed by atoms with van der Waals surface area (Å²) in [4.78, 5) is 27.2. The number of anilines is 1. The van der Waals surface area contributed by atoms with Crippen molar-refractivity contribution in [3.05, 3.63) is 64.2 Å². The van der Waals surface area contributed by atoms with E-state index in [2.05, 4.69) is 20.5 Å². The number of hydrogen-bond donors (Lipinski definition) is 2. The van der Waals surface area contributed by atoms with Crippen molar-refractivity contribution in [2.24, 2.45) is 0 Å². The molecule has 2 N–H and O–H groups in total. The molecule has 0 unspecified atom stereocenters. The van der Waals surface area contributed by atoms with Gasteiger partial charge in [0.1, 0.15) is 11.3 Å². The quantitative estimate of drug-likeness (QED) is 0.294. The molecule has 0 saturated carbocycles. The van der Waals surface area contributed by atoms with Crippen molar-refractivity contribution in [3.8, 4) is 17.0 Å². The minimum absolute atomic E-state index is 0.0428. The Morgan fingerprint density at radius 3 is 2.80 bits per heavy atom. The number of fused-ring (bicyclic) bond motifs is 1. The Labute approximate surface area is 169 Å². The largest absolute Gasteiger partial charge is 0.506 e. The van der Waals surface area contributed by atoms with Gasteiger partial charge in [0.05, 0.1) is 34.3 Å². The van der Waals surface area contributed by atoms with Crippen molar-refractivity contribution < 1.29 is 14.8 Å². The fraction of sp³-hybridized carbons (Fsp3) is 0.158. The van der Waals surface area contributed by atoms with E-state index in [0.717, 1.165) is 29.6 Å². The third kappa shape index (κ3) is 3.21. The Morgan fingerprint density at radius 2 is 2.13 bits per heavy atom. The first kappa shape index (κ1) is 19.1. The van der Waals surface area contributed by atoms with E-state index in [1.807, 2.05) is 24.7 Å². The number of carbonyl (C=O) groups excluding carboxylic acids is 1. The van der Waals surface area contributed by atoms with Crippen LogP contribution in [0.15, 0.2) is 42.9 Å². The fourth-order valence-corrected chi connectivity index (χ4v) is 3.12. The van der Waals surface area contributed by atoms with Gasteiger partial charge in [-0.05, 0) is 26.0 Å². The molecule has 3 aromatic heterocycles. The molecular formula is C19H17N7O4. The van der Waals surface area contributed by atoms with Crippen molar-refractivity contribution in [1.29, 1.82) is 0 Å². The third-order valence-electron chi connectivity index (χ3n) is 4.63. The number of nitro groups is 1. The van der Waals surface area contributed by atoms with E-state index < -0.39 is 16.6 Å². The number of carbonyl (C=O) groups is 1. The number of phenolic OH excluding ortho intramolecular Hbond substituents is 1. The molecule has 0 spiro atoms. The lowest BCUT2D eigenvalue weighted by Gasteiger charge is -2.07. The molecule has 1 aromatic carbocycles. The zero-order valence-corrected chi connectivity index (χ0v) is 16.1. The molecule has 0 saturated heterocycles. The number of nitro benzene ring substituents is 1. The fourth-order valence-electron chi connectivity index (χ4n) is 3.12. The summed E-state index contributed by atoms with van der Waals surface area (Å²) in [7, 11) is 0. The Balaban J connectivity index is 1.70. The molecule has 11 nitrogen and oxygen atoms in total. The van der Waals surface area contributed by atoms with Gasteiger partial charge in [0.2, 0.25) is 0 Å². The molecule has 0 aliphatic rings. The molecule has 0 aliphatic carbocycles. The van der Waals surface area contributed by atoms with Gasteiger partial charge in [0, 0.05) is 30.6 Å². The van der Waals surface area contributed by atoms with Gasteiger partial charge in [-0.15, -0.1) is 0 Å². The molecule has 4 aromatic rings. The van der Waals surface area contributed by atoms with Gasteiger partial charge in [-0.1, -0.05) is 0 Å². The number of phenols is 1. The normalized spacial score (nSPS) is 11.0. The summed E-state index contributed by atoms with van der Waals surface area (Å²) in [6.07, 6.45) is 4.86. The van der Waals surface area contributed by atoms with E-state index in [4.69, 9.17) is 0 Å². The van der Waals surface area contributed by atoms with E-state index in [1.54, 1.807) is 16.8 Å². The monoisotopic (exact) mass is 407 g/mol. The van der Waals surface area contributed by atoms with Crippen molar-refractivity contribution in [2.75, 3.05) is 5.32 Å². The molecule has 3 heterocycles. The van der Waals surface area contributed by atoms with Crippen LogP contribution in [0.3, 0.4) is 0 Å². The van der Waals surface area contributed by atoms with E-state index in [1.165, 1.54) is 18.3 Å². The number of aryl methyl sites for hydroxylation is 2. The SMILES string of the molecule is CCn1cc(-c2ccnc3c(C(=O)Nc4ccc([N+](=O)[O-])cc4O)cnn23)c(C)n1. The van der Waals surface area contributed by atoms with Crippen LogP contribution in [-0.2, 0) is 6.54 Å². The zero-order chi connectivity index (χ0) is 21.4. The maximum atomic E-state index is 12.8. The number of non-ortho nitro benzene ring substituents is 1. The Bertz CT molecular complexity index is 1290. The van der Waals surface area contributed by atoms with Crippen LogP contribution in [0.1, 0.15) is 23.0 Å². The number of aromatic hydroxyl groups is 1. The van der Waals surface area contributed by atoms with E-state index in [0.29, 0.717) is 5.65 Å². The van der Waals surface area contributed by atoms with E-state index in [-0.39, 0.29) is 16.9 Å². The van der Waals surface area contributed by atoms with Crippen LogP contribution >= 0.6 is 0 Å². The van der Waals surface area contributed by atoms with Gasteiger partial charge in [0.15, 0.2) is 5.65 Å². The number of aromatic nitrogens is 5. The highest BCUT2D eigenvalue weighted by Crippen LogP contribution is 2.29. The number of benzene rings is 1. The van der Waals surface area contributed by atoms with Crippen molar-refractivity contribution in [1.82, 2.24) is 24.4 Å². The first-order valence-electron chi connectivity index (χ1n) is 9.05. The Hall–Kier alpha value is -4.28. The molecule has 1 amide bonds. The van der Waals surface area contributed by atoms with Crippen molar-refractivity contribution >= 4 is 22.9 Å². The summed E-state index contributed by atoms with van der Waals surface area (Å²) in [6, 6.07) is 5.21. The second-order valence-electron chi connectivity index (χ2n) is 6.52. The molecule has 0 radical (unpaired) electrons. The van der Waals surface area contributed by atoms with Gasteiger partial charge in [0.25, 0.3) is 11.6 Å². The number of nitrogens with zero attached hydrogens (tertiary/aromatic N) is 6. The van der Waals surface area contributed by atoms with Gasteiger partial charge in [-0.2, -0.15) is 10.2 Å². The first-order chi connectivity index (χ1) is 14.4. The van der Waals surface area contributed by atoms with Gasteiger partial charge >= 0.3 is 0 Å².